The predicted octanol–water partition coefficient (Wildman–Crippen LogP) is -3.67. The van der Waals surface area contributed by atoms with Gasteiger partial charge in [-0.05, 0) is 5.92 Å². The summed E-state index contributed by atoms with van der Waals surface area (Å²) in [6.45, 7) is 3.05. The molecule has 0 bridgehead atoms. The molecule has 0 saturated heterocycles. The first-order valence-corrected chi connectivity index (χ1v) is 3.38. The minimum Gasteiger partial charge on any atom is -0.546 e. The van der Waals surface area contributed by atoms with Crippen molar-refractivity contribution in [3.8, 4) is 0 Å². The van der Waals surface area contributed by atoms with E-state index in [-0.39, 0.29) is 41.9 Å². The normalized spacial score (nSPS) is 8.92. The summed E-state index contributed by atoms with van der Waals surface area (Å²) in [4.78, 5) is 20.4. The molecule has 0 aliphatic heterocycles. The van der Waals surface area contributed by atoms with Crippen LogP contribution in [0.5, 0.6) is 0 Å². The molecule has 0 aliphatic carbocycles. The topological polar surface area (TPSA) is 66.4 Å². The molecule has 0 aromatic heterocycles. The molecule has 0 spiro atoms. The number of carbonyl (C=O) groups excluding carboxylic acids is 2. The van der Waals surface area contributed by atoms with Crippen molar-refractivity contribution < 1.29 is 49.0 Å². The van der Waals surface area contributed by atoms with Crippen LogP contribution >= 0.6 is 0 Å². The number of hydrogen-bond donors (Lipinski definition) is 0. The Morgan fingerprint density at radius 3 is 2.25 bits per heavy atom. The molecule has 0 aromatic carbocycles. The molecule has 0 heterocycles. The number of carboxylic acids is 1. The number of aliphatic carboxylic acids is 1. The quantitative estimate of drug-likeness (QED) is 0.332. The van der Waals surface area contributed by atoms with Crippen LogP contribution in [-0.4, -0.2) is 18.5 Å². The van der Waals surface area contributed by atoms with Crippen molar-refractivity contribution in [2.24, 2.45) is 5.92 Å². The van der Waals surface area contributed by atoms with Crippen molar-refractivity contribution in [3.05, 3.63) is 0 Å². The number of hydrogen-bond acceptors (Lipinski definition) is 4. The molecule has 0 radical (unpaired) electrons. The molecule has 0 unspecified atom stereocenters. The van der Waals surface area contributed by atoms with Crippen LogP contribution in [0.15, 0.2) is 0 Å². The summed E-state index contributed by atoms with van der Waals surface area (Å²) in [6.07, 6.45) is 0.243. The molecular weight excluding hydrogens is 171 g/mol. The summed E-state index contributed by atoms with van der Waals surface area (Å²) < 4.78 is 4.31. The Labute approximate surface area is 93.6 Å². The van der Waals surface area contributed by atoms with Gasteiger partial charge in [-0.3, -0.25) is 4.79 Å². The van der Waals surface area contributed by atoms with E-state index in [1.807, 2.05) is 13.8 Å². The maximum atomic E-state index is 10.6. The molecule has 12 heavy (non-hydrogen) atoms. The predicted molar refractivity (Wildman–Crippen MR) is 35.4 cm³/mol. The number of rotatable bonds is 4. The van der Waals surface area contributed by atoms with Gasteiger partial charge in [0.05, 0.1) is 5.97 Å². The zero-order valence-electron chi connectivity index (χ0n) is 7.62. The Kier molecular flexibility index (Phi) is 9.14. The average molecular weight is 182 g/mol. The number of carbonyl (C=O) groups is 2. The molecule has 0 atom stereocenters. The van der Waals surface area contributed by atoms with Gasteiger partial charge in [0.2, 0.25) is 0 Å². The molecule has 0 fully saturated rings. The van der Waals surface area contributed by atoms with E-state index in [1.54, 1.807) is 0 Å². The Morgan fingerprint density at radius 1 is 1.42 bits per heavy atom. The minimum atomic E-state index is -1.37. The van der Waals surface area contributed by atoms with Gasteiger partial charge in [-0.2, -0.15) is 0 Å². The van der Waals surface area contributed by atoms with Gasteiger partial charge in [-0.25, -0.2) is 0 Å². The van der Waals surface area contributed by atoms with Gasteiger partial charge in [0.15, 0.2) is 0 Å². The van der Waals surface area contributed by atoms with Crippen LogP contribution in [0.2, 0.25) is 0 Å². The zero-order valence-corrected chi connectivity index (χ0v) is 9.62. The third-order valence-electron chi connectivity index (χ3n) is 0.926. The van der Waals surface area contributed by atoms with Gasteiger partial charge in [-0.15, -0.1) is 0 Å². The molecular formula is C7H11NaO4. The average Bonchev–Trinajstić information content (AvgIpc) is 1.82. The second-order valence-electron chi connectivity index (χ2n) is 2.63. The summed E-state index contributed by atoms with van der Waals surface area (Å²) in [7, 11) is 0. The Morgan fingerprint density at radius 2 is 1.92 bits per heavy atom. The largest absolute Gasteiger partial charge is 1.00 e. The van der Waals surface area contributed by atoms with Crippen molar-refractivity contribution in [3.63, 3.8) is 0 Å². The summed E-state index contributed by atoms with van der Waals surface area (Å²) >= 11 is 0. The fourth-order valence-electron chi connectivity index (χ4n) is 0.532. The van der Waals surface area contributed by atoms with Crippen molar-refractivity contribution in [1.82, 2.24) is 0 Å². The van der Waals surface area contributed by atoms with Crippen LogP contribution < -0.4 is 34.7 Å². The third kappa shape index (κ3) is 9.94. The fraction of sp³-hybridized carbons (Fsp3) is 0.714. The molecule has 64 valence electrons. The molecule has 0 amide bonds. The maximum Gasteiger partial charge on any atom is 1.00 e. The Hall–Kier alpha value is -0.0600. The zero-order chi connectivity index (χ0) is 8.85. The van der Waals surface area contributed by atoms with E-state index in [2.05, 4.69) is 4.74 Å². The van der Waals surface area contributed by atoms with Gasteiger partial charge >= 0.3 is 35.5 Å². The van der Waals surface area contributed by atoms with E-state index in [4.69, 9.17) is 0 Å². The van der Waals surface area contributed by atoms with Crippen LogP contribution in [0.1, 0.15) is 20.3 Å². The van der Waals surface area contributed by atoms with Gasteiger partial charge in [0.1, 0.15) is 6.61 Å². The van der Waals surface area contributed by atoms with Crippen molar-refractivity contribution in [2.45, 2.75) is 20.3 Å². The second kappa shape index (κ2) is 7.58. The minimum absolute atomic E-state index is 0. The number of ether oxygens (including phenoxy) is 1. The SMILES string of the molecule is CC(C)CC(=O)OCC(=O)[O-].[Na+]. The molecule has 0 N–H and O–H groups in total. The standard InChI is InChI=1S/C7H12O4.Na/c1-5(2)3-7(10)11-4-6(8)9;/h5H,3-4H2,1-2H3,(H,8,9);/q;+1/p-1. The summed E-state index contributed by atoms with van der Waals surface area (Å²) in [5.74, 6) is -1.68. The van der Waals surface area contributed by atoms with Crippen molar-refractivity contribution >= 4 is 11.9 Å². The molecule has 4 nitrogen and oxygen atoms in total. The van der Waals surface area contributed by atoms with Gasteiger partial charge in [-0.1, -0.05) is 13.8 Å². The summed E-state index contributed by atoms with van der Waals surface area (Å²) in [6, 6.07) is 0. The van der Waals surface area contributed by atoms with E-state index in [1.165, 1.54) is 0 Å². The first-order valence-electron chi connectivity index (χ1n) is 3.38. The molecule has 0 aliphatic rings. The molecule has 0 aromatic rings. The molecule has 0 rings (SSSR count). The van der Waals surface area contributed by atoms with E-state index in [0.29, 0.717) is 0 Å². The number of esters is 1. The van der Waals surface area contributed by atoms with Gasteiger partial charge < -0.3 is 14.6 Å². The van der Waals surface area contributed by atoms with E-state index in [0.717, 1.165) is 0 Å². The van der Waals surface area contributed by atoms with Crippen LogP contribution in [0.3, 0.4) is 0 Å². The van der Waals surface area contributed by atoms with Gasteiger partial charge in [0.25, 0.3) is 0 Å². The third-order valence-corrected chi connectivity index (χ3v) is 0.926. The van der Waals surface area contributed by atoms with Crippen LogP contribution in [0.25, 0.3) is 0 Å². The first kappa shape index (κ1) is 14.5. The van der Waals surface area contributed by atoms with Crippen molar-refractivity contribution in [2.75, 3.05) is 6.61 Å². The van der Waals surface area contributed by atoms with E-state index >= 15 is 0 Å². The molecule has 0 saturated carbocycles. The summed E-state index contributed by atoms with van der Waals surface area (Å²) in [5, 5.41) is 9.80. The monoisotopic (exact) mass is 182 g/mol. The van der Waals surface area contributed by atoms with Crippen LogP contribution in [0.4, 0.5) is 0 Å². The van der Waals surface area contributed by atoms with Gasteiger partial charge in [0, 0.05) is 6.42 Å². The molecule has 5 heteroatoms. The van der Waals surface area contributed by atoms with Crippen molar-refractivity contribution in [1.29, 1.82) is 0 Å². The van der Waals surface area contributed by atoms with E-state index < -0.39 is 18.5 Å². The Balaban J connectivity index is 0. The van der Waals surface area contributed by atoms with Crippen LogP contribution in [-0.2, 0) is 14.3 Å². The van der Waals surface area contributed by atoms with E-state index in [9.17, 15) is 14.7 Å². The maximum absolute atomic E-state index is 10.6. The van der Waals surface area contributed by atoms with Crippen LogP contribution in [0, 0.1) is 5.92 Å². The second-order valence-corrected chi connectivity index (χ2v) is 2.63. The smallest absolute Gasteiger partial charge is 0.546 e. The summed E-state index contributed by atoms with van der Waals surface area (Å²) in [5.41, 5.74) is 0. The number of carboxylic acid groups (broad SMARTS) is 1. The first-order chi connectivity index (χ1) is 5.02. The fourth-order valence-corrected chi connectivity index (χ4v) is 0.532. The Bertz CT molecular complexity index is 155.